The topological polar surface area (TPSA) is 66.6 Å². The minimum absolute atomic E-state index is 0. The summed E-state index contributed by atoms with van der Waals surface area (Å²) in [5, 5.41) is 9.99. The van der Waals surface area contributed by atoms with Gasteiger partial charge in [-0.3, -0.25) is 4.79 Å². The molecule has 0 unspecified atom stereocenters. The lowest BCUT2D eigenvalue weighted by molar-refractivity contribution is -0.134. The van der Waals surface area contributed by atoms with Crippen molar-refractivity contribution in [1.29, 1.82) is 0 Å². The molecule has 1 fully saturated rings. The van der Waals surface area contributed by atoms with Gasteiger partial charge in [0, 0.05) is 6.54 Å². The van der Waals surface area contributed by atoms with E-state index in [2.05, 4.69) is 0 Å². The van der Waals surface area contributed by atoms with Crippen molar-refractivity contribution in [2.24, 2.45) is 5.73 Å². The van der Waals surface area contributed by atoms with Gasteiger partial charge in [-0.05, 0) is 24.1 Å². The molecule has 0 bridgehead atoms. The molecule has 0 aliphatic carbocycles. The Morgan fingerprint density at radius 1 is 1.40 bits per heavy atom. The van der Waals surface area contributed by atoms with Crippen molar-refractivity contribution in [2.75, 3.05) is 13.1 Å². The Morgan fingerprint density at radius 3 is 2.50 bits per heavy atom. The SMILES string of the molecule is Cl.N[C@H](C(=O)N1CC[C@H](F)C1)[C@H](O)c1ccc(F)cc1. The molecule has 0 saturated carbocycles. The highest BCUT2D eigenvalue weighted by molar-refractivity contribution is 5.85. The summed E-state index contributed by atoms with van der Waals surface area (Å²) in [6.07, 6.45) is -1.96. The number of aliphatic hydroxyl groups is 1. The monoisotopic (exact) mass is 306 g/mol. The Bertz CT molecular complexity index is 458. The quantitative estimate of drug-likeness (QED) is 0.881. The summed E-state index contributed by atoms with van der Waals surface area (Å²) in [5.74, 6) is -0.923. The smallest absolute Gasteiger partial charge is 0.242 e. The van der Waals surface area contributed by atoms with E-state index in [-0.39, 0.29) is 19.0 Å². The summed E-state index contributed by atoms with van der Waals surface area (Å²) in [6, 6.07) is 3.94. The molecule has 1 aliphatic heterocycles. The molecule has 3 N–H and O–H groups in total. The van der Waals surface area contributed by atoms with Crippen molar-refractivity contribution in [3.63, 3.8) is 0 Å². The number of aliphatic hydroxyl groups excluding tert-OH is 1. The Balaban J connectivity index is 0.00000200. The van der Waals surface area contributed by atoms with Crippen molar-refractivity contribution in [3.05, 3.63) is 35.6 Å². The standard InChI is InChI=1S/C13H16F2N2O2.ClH/c14-9-3-1-8(2-4-9)12(18)11(16)13(19)17-6-5-10(15)7-17;/h1-4,10-12,18H,5-7,16H2;1H/t10-,11-,12+;/m0./s1. The van der Waals surface area contributed by atoms with Crippen LogP contribution >= 0.6 is 12.4 Å². The third kappa shape index (κ3) is 3.65. The molecule has 0 radical (unpaired) electrons. The fourth-order valence-corrected chi connectivity index (χ4v) is 2.13. The molecule has 1 aliphatic rings. The van der Waals surface area contributed by atoms with Crippen LogP contribution in [0.3, 0.4) is 0 Å². The maximum atomic E-state index is 13.0. The van der Waals surface area contributed by atoms with Gasteiger partial charge >= 0.3 is 0 Å². The largest absolute Gasteiger partial charge is 0.386 e. The number of carbonyl (C=O) groups excluding carboxylic acids is 1. The summed E-state index contributed by atoms with van der Waals surface area (Å²) in [5.41, 5.74) is 6.06. The molecule has 1 heterocycles. The first-order valence-corrected chi connectivity index (χ1v) is 6.11. The molecule has 4 nitrogen and oxygen atoms in total. The highest BCUT2D eigenvalue weighted by Crippen LogP contribution is 2.20. The van der Waals surface area contributed by atoms with Crippen LogP contribution in [0.15, 0.2) is 24.3 Å². The molecule has 1 aromatic rings. The Kier molecular flexibility index (Phi) is 5.86. The summed E-state index contributed by atoms with van der Waals surface area (Å²) < 4.78 is 25.8. The van der Waals surface area contributed by atoms with E-state index in [0.29, 0.717) is 18.5 Å². The van der Waals surface area contributed by atoms with E-state index in [4.69, 9.17) is 5.73 Å². The number of alkyl halides is 1. The number of amides is 1. The van der Waals surface area contributed by atoms with Crippen LogP contribution in [0.5, 0.6) is 0 Å². The number of likely N-dealkylation sites (tertiary alicyclic amines) is 1. The minimum atomic E-state index is -1.23. The molecule has 112 valence electrons. The molecule has 20 heavy (non-hydrogen) atoms. The molecule has 1 saturated heterocycles. The van der Waals surface area contributed by atoms with E-state index in [1.54, 1.807) is 0 Å². The minimum Gasteiger partial charge on any atom is -0.386 e. The van der Waals surface area contributed by atoms with E-state index in [1.807, 2.05) is 0 Å². The van der Waals surface area contributed by atoms with E-state index < -0.39 is 30.0 Å². The van der Waals surface area contributed by atoms with Crippen LogP contribution in [0, 0.1) is 5.82 Å². The third-order valence-corrected chi connectivity index (χ3v) is 3.28. The number of rotatable bonds is 3. The van der Waals surface area contributed by atoms with Crippen LogP contribution in [-0.4, -0.2) is 41.2 Å². The molecular formula is C13H17ClF2N2O2. The van der Waals surface area contributed by atoms with Crippen molar-refractivity contribution < 1.29 is 18.7 Å². The van der Waals surface area contributed by atoms with Crippen LogP contribution in [0.4, 0.5) is 8.78 Å². The number of nitrogens with zero attached hydrogens (tertiary/aromatic N) is 1. The lowest BCUT2D eigenvalue weighted by Crippen LogP contribution is -2.46. The van der Waals surface area contributed by atoms with Gasteiger partial charge in [0.25, 0.3) is 0 Å². The number of hydrogen-bond donors (Lipinski definition) is 2. The van der Waals surface area contributed by atoms with Gasteiger partial charge < -0.3 is 15.7 Å². The number of benzene rings is 1. The van der Waals surface area contributed by atoms with Gasteiger partial charge in [0.05, 0.1) is 6.54 Å². The summed E-state index contributed by atoms with van der Waals surface area (Å²) >= 11 is 0. The number of carbonyl (C=O) groups is 1. The first-order chi connectivity index (χ1) is 8.99. The number of hydrogen-bond acceptors (Lipinski definition) is 3. The summed E-state index contributed by atoms with van der Waals surface area (Å²) in [4.78, 5) is 13.3. The van der Waals surface area contributed by atoms with Crippen LogP contribution in [0.25, 0.3) is 0 Å². The van der Waals surface area contributed by atoms with E-state index >= 15 is 0 Å². The number of halogens is 3. The summed E-state index contributed by atoms with van der Waals surface area (Å²) in [7, 11) is 0. The molecule has 1 amide bonds. The van der Waals surface area contributed by atoms with Crippen LogP contribution in [0.2, 0.25) is 0 Å². The van der Waals surface area contributed by atoms with Crippen LogP contribution in [0.1, 0.15) is 18.1 Å². The Labute approximate surface area is 122 Å². The maximum absolute atomic E-state index is 13.0. The Morgan fingerprint density at radius 2 is 2.00 bits per heavy atom. The van der Waals surface area contributed by atoms with Gasteiger partial charge in [-0.15, -0.1) is 12.4 Å². The molecule has 7 heteroatoms. The average Bonchev–Trinajstić information content (AvgIpc) is 2.84. The number of nitrogens with two attached hydrogens (primary N) is 1. The summed E-state index contributed by atoms with van der Waals surface area (Å²) in [6.45, 7) is 0.326. The lowest BCUT2D eigenvalue weighted by Gasteiger charge is -2.24. The predicted octanol–water partition coefficient (Wildman–Crippen LogP) is 1.18. The van der Waals surface area contributed by atoms with Gasteiger partial charge in [0.2, 0.25) is 5.91 Å². The van der Waals surface area contributed by atoms with Crippen LogP contribution in [-0.2, 0) is 4.79 Å². The highest BCUT2D eigenvalue weighted by atomic mass is 35.5. The highest BCUT2D eigenvalue weighted by Gasteiger charge is 2.32. The van der Waals surface area contributed by atoms with Crippen molar-refractivity contribution in [3.8, 4) is 0 Å². The van der Waals surface area contributed by atoms with Gasteiger partial charge in [0.15, 0.2) is 0 Å². The first kappa shape index (κ1) is 16.8. The molecule has 2 rings (SSSR count). The second kappa shape index (κ2) is 6.97. The molecule has 0 spiro atoms. The second-order valence-corrected chi connectivity index (χ2v) is 4.69. The van der Waals surface area contributed by atoms with Crippen molar-refractivity contribution in [2.45, 2.75) is 24.7 Å². The zero-order valence-electron chi connectivity index (χ0n) is 10.7. The van der Waals surface area contributed by atoms with E-state index in [1.165, 1.54) is 29.2 Å². The van der Waals surface area contributed by atoms with Gasteiger partial charge in [-0.25, -0.2) is 8.78 Å². The second-order valence-electron chi connectivity index (χ2n) is 4.69. The normalized spacial score (nSPS) is 21.2. The molecule has 3 atom stereocenters. The fourth-order valence-electron chi connectivity index (χ4n) is 2.13. The van der Waals surface area contributed by atoms with Gasteiger partial charge in [0.1, 0.15) is 24.1 Å². The molecule has 0 aromatic heterocycles. The van der Waals surface area contributed by atoms with E-state index in [0.717, 1.165) is 0 Å². The third-order valence-electron chi connectivity index (χ3n) is 3.28. The van der Waals surface area contributed by atoms with E-state index in [9.17, 15) is 18.7 Å². The zero-order chi connectivity index (χ0) is 14.0. The molecule has 1 aromatic carbocycles. The van der Waals surface area contributed by atoms with Gasteiger partial charge in [-0.2, -0.15) is 0 Å². The first-order valence-electron chi connectivity index (χ1n) is 6.11. The van der Waals surface area contributed by atoms with Crippen molar-refractivity contribution >= 4 is 18.3 Å². The fraction of sp³-hybridized carbons (Fsp3) is 0.462. The Hall–Kier alpha value is -1.24. The predicted molar refractivity (Wildman–Crippen MR) is 72.7 cm³/mol. The van der Waals surface area contributed by atoms with Gasteiger partial charge in [-0.1, -0.05) is 12.1 Å². The lowest BCUT2D eigenvalue weighted by atomic mass is 10.0. The maximum Gasteiger partial charge on any atom is 0.242 e. The molecular weight excluding hydrogens is 290 g/mol. The zero-order valence-corrected chi connectivity index (χ0v) is 11.5. The van der Waals surface area contributed by atoms with Crippen molar-refractivity contribution in [1.82, 2.24) is 4.90 Å². The van der Waals surface area contributed by atoms with Crippen LogP contribution < -0.4 is 5.73 Å². The average molecular weight is 307 g/mol.